The van der Waals surface area contributed by atoms with Crippen LogP contribution in [0.4, 0.5) is 5.69 Å². The quantitative estimate of drug-likeness (QED) is 0.566. The summed E-state index contributed by atoms with van der Waals surface area (Å²) in [7, 11) is 0. The molecule has 0 aliphatic carbocycles. The number of benzene rings is 1. The highest BCUT2D eigenvalue weighted by Crippen LogP contribution is 2.38. The first kappa shape index (κ1) is 10.6. The smallest absolute Gasteiger partial charge is 0.260 e. The van der Waals surface area contributed by atoms with E-state index < -0.39 is 5.91 Å². The second-order valence-corrected chi connectivity index (χ2v) is 4.36. The van der Waals surface area contributed by atoms with E-state index in [1.54, 1.807) is 0 Å². The molecule has 0 aromatic heterocycles. The SMILES string of the molecule is N#CC(C(N)=O)=C1CNc2ccccc2S1. The average molecular weight is 231 g/mol. The molecule has 0 radical (unpaired) electrons. The van der Waals surface area contributed by atoms with Gasteiger partial charge >= 0.3 is 0 Å². The molecular weight excluding hydrogens is 222 g/mol. The number of fused-ring (bicyclic) bond motifs is 1. The number of nitrogens with one attached hydrogen (secondary N) is 1. The summed E-state index contributed by atoms with van der Waals surface area (Å²) in [5.41, 5.74) is 6.18. The maximum absolute atomic E-state index is 11.0. The van der Waals surface area contributed by atoms with Crippen molar-refractivity contribution in [2.45, 2.75) is 4.90 Å². The zero-order valence-electron chi connectivity index (χ0n) is 8.36. The van der Waals surface area contributed by atoms with E-state index >= 15 is 0 Å². The van der Waals surface area contributed by atoms with Gasteiger partial charge in [-0.3, -0.25) is 4.79 Å². The van der Waals surface area contributed by atoms with Gasteiger partial charge in [0.2, 0.25) is 0 Å². The van der Waals surface area contributed by atoms with Gasteiger partial charge in [0.25, 0.3) is 5.91 Å². The van der Waals surface area contributed by atoms with Crippen molar-refractivity contribution in [1.29, 1.82) is 5.26 Å². The fourth-order valence-electron chi connectivity index (χ4n) is 1.44. The van der Waals surface area contributed by atoms with Gasteiger partial charge in [0, 0.05) is 22.0 Å². The molecule has 0 saturated carbocycles. The Morgan fingerprint density at radius 3 is 2.94 bits per heavy atom. The van der Waals surface area contributed by atoms with Crippen LogP contribution in [0.5, 0.6) is 0 Å². The summed E-state index contributed by atoms with van der Waals surface area (Å²) >= 11 is 1.41. The lowest BCUT2D eigenvalue weighted by atomic mass is 10.2. The van der Waals surface area contributed by atoms with E-state index in [-0.39, 0.29) is 5.57 Å². The average Bonchev–Trinajstić information content (AvgIpc) is 2.29. The first-order valence-corrected chi connectivity index (χ1v) is 5.48. The van der Waals surface area contributed by atoms with Crippen LogP contribution in [0, 0.1) is 11.3 Å². The molecule has 4 nitrogen and oxygen atoms in total. The minimum Gasteiger partial charge on any atom is -0.379 e. The number of nitriles is 1. The largest absolute Gasteiger partial charge is 0.379 e. The van der Waals surface area contributed by atoms with Crippen molar-refractivity contribution in [2.75, 3.05) is 11.9 Å². The molecule has 0 unspecified atom stereocenters. The summed E-state index contributed by atoms with van der Waals surface area (Å²) in [6, 6.07) is 9.57. The number of para-hydroxylation sites is 1. The van der Waals surface area contributed by atoms with Crippen LogP contribution in [0.2, 0.25) is 0 Å². The molecule has 2 rings (SSSR count). The Kier molecular flexibility index (Phi) is 2.84. The van der Waals surface area contributed by atoms with Crippen molar-refractivity contribution >= 4 is 23.4 Å². The molecule has 3 N–H and O–H groups in total. The van der Waals surface area contributed by atoms with Gasteiger partial charge < -0.3 is 11.1 Å². The molecule has 1 aliphatic rings. The Bertz CT molecular complexity index is 516. The van der Waals surface area contributed by atoms with Crippen LogP contribution in [-0.4, -0.2) is 12.5 Å². The fraction of sp³-hybridized carbons (Fsp3) is 0.0909. The van der Waals surface area contributed by atoms with E-state index in [4.69, 9.17) is 11.0 Å². The Morgan fingerprint density at radius 2 is 2.25 bits per heavy atom. The molecular formula is C11H9N3OS. The van der Waals surface area contributed by atoms with Crippen molar-refractivity contribution in [1.82, 2.24) is 0 Å². The van der Waals surface area contributed by atoms with Gasteiger partial charge in [0.05, 0.1) is 0 Å². The summed E-state index contributed by atoms with van der Waals surface area (Å²) in [4.78, 5) is 12.7. The van der Waals surface area contributed by atoms with Crippen LogP contribution in [0.3, 0.4) is 0 Å². The number of nitrogens with zero attached hydrogens (tertiary/aromatic N) is 1. The number of primary amides is 1. The van der Waals surface area contributed by atoms with Crippen molar-refractivity contribution in [3.63, 3.8) is 0 Å². The zero-order valence-corrected chi connectivity index (χ0v) is 9.17. The third-order valence-corrected chi connectivity index (χ3v) is 3.37. The van der Waals surface area contributed by atoms with Crippen molar-refractivity contribution < 1.29 is 4.79 Å². The molecule has 0 spiro atoms. The van der Waals surface area contributed by atoms with E-state index in [1.807, 2.05) is 30.3 Å². The molecule has 1 aromatic rings. The number of nitrogens with two attached hydrogens (primary N) is 1. The molecule has 1 aromatic carbocycles. The zero-order chi connectivity index (χ0) is 11.5. The van der Waals surface area contributed by atoms with E-state index in [1.165, 1.54) is 11.8 Å². The molecule has 80 valence electrons. The highest BCUT2D eigenvalue weighted by atomic mass is 32.2. The molecule has 1 aliphatic heterocycles. The normalized spacial score (nSPS) is 16.7. The monoisotopic (exact) mass is 231 g/mol. The molecule has 1 heterocycles. The lowest BCUT2D eigenvalue weighted by Gasteiger charge is -2.20. The summed E-state index contributed by atoms with van der Waals surface area (Å²) in [5.74, 6) is -0.675. The van der Waals surface area contributed by atoms with E-state index in [2.05, 4.69) is 5.32 Å². The van der Waals surface area contributed by atoms with Gasteiger partial charge in [-0.25, -0.2) is 0 Å². The summed E-state index contributed by atoms with van der Waals surface area (Å²) in [6.07, 6.45) is 0. The maximum Gasteiger partial charge on any atom is 0.260 e. The van der Waals surface area contributed by atoms with Crippen LogP contribution in [0.1, 0.15) is 0 Å². The standard InChI is InChI=1S/C11H9N3OS/c12-5-7(11(13)15)10-6-14-8-3-1-2-4-9(8)16-10/h1-4,14H,6H2,(H2,13,15). The lowest BCUT2D eigenvalue weighted by molar-refractivity contribution is -0.114. The number of hydrogen-bond acceptors (Lipinski definition) is 4. The highest BCUT2D eigenvalue weighted by Gasteiger charge is 2.18. The Balaban J connectivity index is 2.39. The number of carbonyl (C=O) groups is 1. The predicted octanol–water partition coefficient (Wildman–Crippen LogP) is 1.47. The minimum absolute atomic E-state index is 0.0343. The van der Waals surface area contributed by atoms with Gasteiger partial charge in [-0.2, -0.15) is 5.26 Å². The van der Waals surface area contributed by atoms with Crippen LogP contribution in [0.25, 0.3) is 0 Å². The molecule has 0 atom stereocenters. The topological polar surface area (TPSA) is 78.9 Å². The second-order valence-electron chi connectivity index (χ2n) is 3.23. The number of thioether (sulfide) groups is 1. The third kappa shape index (κ3) is 1.88. The van der Waals surface area contributed by atoms with Gasteiger partial charge in [-0.05, 0) is 12.1 Å². The van der Waals surface area contributed by atoms with Crippen LogP contribution in [0.15, 0.2) is 39.6 Å². The third-order valence-electron chi connectivity index (χ3n) is 2.20. The van der Waals surface area contributed by atoms with Gasteiger partial charge in [-0.1, -0.05) is 23.9 Å². The van der Waals surface area contributed by atoms with E-state index in [9.17, 15) is 4.79 Å². The van der Waals surface area contributed by atoms with Crippen LogP contribution in [-0.2, 0) is 4.79 Å². The second kappa shape index (κ2) is 4.29. The summed E-state index contributed by atoms with van der Waals surface area (Å²) < 4.78 is 0. The Labute approximate surface area is 97.1 Å². The maximum atomic E-state index is 11.0. The fourth-order valence-corrected chi connectivity index (χ4v) is 2.50. The number of hydrogen-bond donors (Lipinski definition) is 2. The molecule has 0 fully saturated rings. The summed E-state index contributed by atoms with van der Waals surface area (Å²) in [6.45, 7) is 0.466. The predicted molar refractivity (Wildman–Crippen MR) is 62.6 cm³/mol. The van der Waals surface area contributed by atoms with Crippen LogP contribution < -0.4 is 11.1 Å². The van der Waals surface area contributed by atoms with Crippen LogP contribution >= 0.6 is 11.8 Å². The molecule has 16 heavy (non-hydrogen) atoms. The minimum atomic E-state index is -0.675. The Hall–Kier alpha value is -1.93. The van der Waals surface area contributed by atoms with Gasteiger partial charge in [0.15, 0.2) is 0 Å². The van der Waals surface area contributed by atoms with Crippen molar-refractivity contribution in [3.8, 4) is 6.07 Å². The molecule has 5 heteroatoms. The van der Waals surface area contributed by atoms with Gasteiger partial charge in [-0.15, -0.1) is 0 Å². The van der Waals surface area contributed by atoms with E-state index in [0.29, 0.717) is 11.4 Å². The van der Waals surface area contributed by atoms with E-state index in [0.717, 1.165) is 10.6 Å². The summed E-state index contributed by atoms with van der Waals surface area (Å²) in [5, 5.41) is 12.0. The first-order chi connectivity index (χ1) is 7.72. The highest BCUT2D eigenvalue weighted by molar-refractivity contribution is 8.03. The number of amides is 1. The number of rotatable bonds is 1. The van der Waals surface area contributed by atoms with Crippen molar-refractivity contribution in [2.24, 2.45) is 5.73 Å². The van der Waals surface area contributed by atoms with Gasteiger partial charge in [0.1, 0.15) is 11.6 Å². The number of anilines is 1. The number of carbonyl (C=O) groups excluding carboxylic acids is 1. The molecule has 0 saturated heterocycles. The Morgan fingerprint density at radius 1 is 1.50 bits per heavy atom. The first-order valence-electron chi connectivity index (χ1n) is 4.66. The van der Waals surface area contributed by atoms with Crippen molar-refractivity contribution in [3.05, 3.63) is 34.7 Å². The molecule has 0 bridgehead atoms. The molecule has 1 amide bonds. The lowest BCUT2D eigenvalue weighted by Crippen LogP contribution is -2.18.